The Bertz CT molecular complexity index is 514. The number of hydrogen-bond acceptors (Lipinski definition) is 4. The van der Waals surface area contributed by atoms with Crippen LogP contribution in [0, 0.1) is 0 Å². The van der Waals surface area contributed by atoms with Crippen molar-refractivity contribution in [1.29, 1.82) is 0 Å². The Labute approximate surface area is 105 Å². The van der Waals surface area contributed by atoms with Gasteiger partial charge >= 0.3 is 0 Å². The molecule has 0 amide bonds. The van der Waals surface area contributed by atoms with Crippen LogP contribution in [-0.2, 0) is 17.7 Å². The fourth-order valence-electron chi connectivity index (χ4n) is 2.20. The molecule has 1 aliphatic rings. The van der Waals surface area contributed by atoms with Crippen molar-refractivity contribution in [2.75, 3.05) is 13.7 Å². The van der Waals surface area contributed by atoms with Crippen molar-refractivity contribution in [3.63, 3.8) is 0 Å². The van der Waals surface area contributed by atoms with Gasteiger partial charge in [-0.15, -0.1) is 10.2 Å². The number of benzene rings is 1. The third-order valence-corrected chi connectivity index (χ3v) is 3.12. The second kappa shape index (κ2) is 4.78. The number of methoxy groups -OCH3 is 1. The first-order valence-electron chi connectivity index (χ1n) is 5.99. The molecule has 0 saturated heterocycles. The van der Waals surface area contributed by atoms with Crippen molar-refractivity contribution in [3.8, 4) is 5.75 Å². The maximum Gasteiger partial charge on any atom is 0.174 e. The van der Waals surface area contributed by atoms with Crippen molar-refractivity contribution in [2.24, 2.45) is 0 Å². The van der Waals surface area contributed by atoms with Gasteiger partial charge in [0.1, 0.15) is 12.1 Å². The van der Waals surface area contributed by atoms with E-state index < -0.39 is 0 Å². The van der Waals surface area contributed by atoms with Crippen LogP contribution in [0.1, 0.15) is 17.5 Å². The van der Waals surface area contributed by atoms with E-state index in [4.69, 9.17) is 9.47 Å². The fourth-order valence-corrected chi connectivity index (χ4v) is 2.20. The third kappa shape index (κ3) is 1.97. The summed E-state index contributed by atoms with van der Waals surface area (Å²) in [5.41, 5.74) is 1.23. The van der Waals surface area contributed by atoms with Crippen LogP contribution < -0.4 is 4.74 Å². The molecule has 2 aromatic rings. The van der Waals surface area contributed by atoms with Gasteiger partial charge in [0.2, 0.25) is 0 Å². The molecule has 18 heavy (non-hydrogen) atoms. The van der Waals surface area contributed by atoms with Gasteiger partial charge in [0.15, 0.2) is 11.9 Å². The van der Waals surface area contributed by atoms with Gasteiger partial charge in [0, 0.05) is 20.1 Å². The normalized spacial score (nSPS) is 17.5. The largest absolute Gasteiger partial charge is 0.482 e. The van der Waals surface area contributed by atoms with Crippen LogP contribution in [0.2, 0.25) is 0 Å². The zero-order valence-electron chi connectivity index (χ0n) is 10.2. The SMILES string of the molecule is COCCn1cnnc1C1Cc2ccccc2O1. The lowest BCUT2D eigenvalue weighted by molar-refractivity contribution is 0.177. The van der Waals surface area contributed by atoms with Gasteiger partial charge in [-0.3, -0.25) is 0 Å². The highest BCUT2D eigenvalue weighted by molar-refractivity contribution is 5.38. The Kier molecular flexibility index (Phi) is 2.98. The van der Waals surface area contributed by atoms with Crippen LogP contribution in [0.4, 0.5) is 0 Å². The first kappa shape index (κ1) is 11.2. The van der Waals surface area contributed by atoms with E-state index in [9.17, 15) is 0 Å². The van der Waals surface area contributed by atoms with E-state index in [2.05, 4.69) is 16.3 Å². The smallest absolute Gasteiger partial charge is 0.174 e. The molecule has 0 N–H and O–H groups in total. The molecule has 3 rings (SSSR count). The second-order valence-corrected chi connectivity index (χ2v) is 4.29. The summed E-state index contributed by atoms with van der Waals surface area (Å²) in [7, 11) is 1.69. The van der Waals surface area contributed by atoms with Gasteiger partial charge in [0.05, 0.1) is 6.61 Å². The summed E-state index contributed by atoms with van der Waals surface area (Å²) < 4.78 is 13.0. The molecular formula is C13H15N3O2. The molecule has 1 aliphatic heterocycles. The minimum atomic E-state index is -0.0400. The lowest BCUT2D eigenvalue weighted by Gasteiger charge is -2.11. The molecule has 2 heterocycles. The lowest BCUT2D eigenvalue weighted by Crippen LogP contribution is -2.14. The Morgan fingerprint density at radius 2 is 2.33 bits per heavy atom. The molecule has 1 aromatic heterocycles. The highest BCUT2D eigenvalue weighted by Gasteiger charge is 2.27. The van der Waals surface area contributed by atoms with Gasteiger partial charge in [0.25, 0.3) is 0 Å². The average molecular weight is 245 g/mol. The Morgan fingerprint density at radius 3 is 3.17 bits per heavy atom. The minimum Gasteiger partial charge on any atom is -0.482 e. The van der Waals surface area contributed by atoms with Crippen molar-refractivity contribution < 1.29 is 9.47 Å². The van der Waals surface area contributed by atoms with Crippen LogP contribution in [0.5, 0.6) is 5.75 Å². The summed E-state index contributed by atoms with van der Waals surface area (Å²) in [5, 5.41) is 8.13. The molecule has 0 bridgehead atoms. The van der Waals surface area contributed by atoms with Gasteiger partial charge < -0.3 is 14.0 Å². The monoisotopic (exact) mass is 245 g/mol. The molecule has 1 atom stereocenters. The van der Waals surface area contributed by atoms with Crippen molar-refractivity contribution in [3.05, 3.63) is 42.0 Å². The number of para-hydroxylation sites is 1. The number of rotatable bonds is 4. The van der Waals surface area contributed by atoms with E-state index in [1.54, 1.807) is 13.4 Å². The first-order chi connectivity index (χ1) is 8.88. The molecule has 0 spiro atoms. The van der Waals surface area contributed by atoms with E-state index in [0.29, 0.717) is 6.61 Å². The van der Waals surface area contributed by atoms with Crippen LogP contribution in [0.15, 0.2) is 30.6 Å². The number of ether oxygens (including phenoxy) is 2. The first-order valence-corrected chi connectivity index (χ1v) is 5.99. The van der Waals surface area contributed by atoms with E-state index in [-0.39, 0.29) is 6.10 Å². The van der Waals surface area contributed by atoms with Crippen LogP contribution >= 0.6 is 0 Å². The molecule has 0 saturated carbocycles. The standard InChI is InChI=1S/C13H15N3O2/c1-17-7-6-16-9-14-15-13(16)12-8-10-4-2-3-5-11(10)18-12/h2-5,9,12H,6-8H2,1H3. The zero-order chi connectivity index (χ0) is 12.4. The summed E-state index contributed by atoms with van der Waals surface area (Å²) in [5.74, 6) is 1.81. The number of aromatic nitrogens is 3. The summed E-state index contributed by atoms with van der Waals surface area (Å²) in [6, 6.07) is 8.09. The van der Waals surface area contributed by atoms with Gasteiger partial charge in [-0.2, -0.15) is 0 Å². The highest BCUT2D eigenvalue weighted by atomic mass is 16.5. The van der Waals surface area contributed by atoms with Gasteiger partial charge in [-0.05, 0) is 11.6 Å². The molecule has 0 fully saturated rings. The molecule has 94 valence electrons. The zero-order valence-corrected chi connectivity index (χ0v) is 10.2. The van der Waals surface area contributed by atoms with E-state index in [1.165, 1.54) is 5.56 Å². The van der Waals surface area contributed by atoms with Crippen molar-refractivity contribution in [2.45, 2.75) is 19.1 Å². The molecular weight excluding hydrogens is 230 g/mol. The average Bonchev–Trinajstić information content (AvgIpc) is 3.01. The van der Waals surface area contributed by atoms with Crippen LogP contribution in [0.25, 0.3) is 0 Å². The predicted molar refractivity (Wildman–Crippen MR) is 65.4 cm³/mol. The number of hydrogen-bond donors (Lipinski definition) is 0. The molecule has 0 aliphatic carbocycles. The molecule has 1 aromatic carbocycles. The van der Waals surface area contributed by atoms with Crippen molar-refractivity contribution in [1.82, 2.24) is 14.8 Å². The summed E-state index contributed by atoms with van der Waals surface area (Å²) >= 11 is 0. The molecule has 1 unspecified atom stereocenters. The molecule has 5 nitrogen and oxygen atoms in total. The van der Waals surface area contributed by atoms with Gasteiger partial charge in [-0.1, -0.05) is 18.2 Å². The maximum atomic E-state index is 5.91. The summed E-state index contributed by atoms with van der Waals surface area (Å²) in [4.78, 5) is 0. The summed E-state index contributed by atoms with van der Waals surface area (Å²) in [6.07, 6.45) is 2.53. The highest BCUT2D eigenvalue weighted by Crippen LogP contribution is 2.35. The number of fused-ring (bicyclic) bond motifs is 1. The third-order valence-electron chi connectivity index (χ3n) is 3.12. The number of nitrogens with zero attached hydrogens (tertiary/aromatic N) is 3. The van der Waals surface area contributed by atoms with E-state index in [0.717, 1.165) is 24.5 Å². The van der Waals surface area contributed by atoms with E-state index in [1.807, 2.05) is 22.8 Å². The van der Waals surface area contributed by atoms with Crippen molar-refractivity contribution >= 4 is 0 Å². The Balaban J connectivity index is 1.80. The summed E-state index contributed by atoms with van der Waals surface area (Å²) in [6.45, 7) is 1.39. The second-order valence-electron chi connectivity index (χ2n) is 4.29. The topological polar surface area (TPSA) is 49.2 Å². The van der Waals surface area contributed by atoms with Crippen LogP contribution in [-0.4, -0.2) is 28.5 Å². The maximum absolute atomic E-state index is 5.91. The quantitative estimate of drug-likeness (QED) is 0.821. The molecule has 0 radical (unpaired) electrons. The Morgan fingerprint density at radius 1 is 1.44 bits per heavy atom. The minimum absolute atomic E-state index is 0.0400. The van der Waals surface area contributed by atoms with Gasteiger partial charge in [-0.25, -0.2) is 0 Å². The van der Waals surface area contributed by atoms with Crippen LogP contribution in [0.3, 0.4) is 0 Å². The van der Waals surface area contributed by atoms with E-state index >= 15 is 0 Å². The lowest BCUT2D eigenvalue weighted by atomic mass is 10.1. The fraction of sp³-hybridized carbons (Fsp3) is 0.385. The Hall–Kier alpha value is -1.88. The predicted octanol–water partition coefficient (Wildman–Crippen LogP) is 1.60. The molecule has 5 heteroatoms.